The van der Waals surface area contributed by atoms with Crippen LogP contribution < -0.4 is 15.6 Å². The second-order valence-corrected chi connectivity index (χ2v) is 7.54. The average Bonchev–Trinajstić information content (AvgIpc) is 2.82. The Bertz CT molecular complexity index is 1170. The van der Waals surface area contributed by atoms with Crippen LogP contribution in [0.1, 0.15) is 17.5 Å². The molecule has 0 amide bonds. The maximum atomic E-state index is 12.5. The van der Waals surface area contributed by atoms with E-state index in [-0.39, 0.29) is 5.56 Å². The summed E-state index contributed by atoms with van der Waals surface area (Å²) in [6, 6.07) is 25.9. The van der Waals surface area contributed by atoms with Crippen LogP contribution in [0.15, 0.2) is 90.0 Å². The topological polar surface area (TPSA) is 56.2 Å². The van der Waals surface area contributed by atoms with Crippen LogP contribution in [0.25, 0.3) is 10.9 Å². The first kappa shape index (κ1) is 20.8. The van der Waals surface area contributed by atoms with Crippen molar-refractivity contribution in [2.75, 3.05) is 13.1 Å². The van der Waals surface area contributed by atoms with E-state index in [0.717, 1.165) is 42.8 Å². The highest BCUT2D eigenvalue weighted by molar-refractivity contribution is 5.76. The summed E-state index contributed by atoms with van der Waals surface area (Å²) in [4.78, 5) is 16.9. The third-order valence-electron chi connectivity index (χ3n) is 5.22. The van der Waals surface area contributed by atoms with Crippen LogP contribution in [0, 0.1) is 0 Å². The van der Waals surface area contributed by atoms with E-state index >= 15 is 0 Å². The van der Waals surface area contributed by atoms with Gasteiger partial charge in [0.05, 0.1) is 17.2 Å². The number of hydrogen-bond donors (Lipinski definition) is 1. The molecule has 0 fully saturated rings. The maximum Gasteiger partial charge on any atom is 0.261 e. The van der Waals surface area contributed by atoms with Crippen LogP contribution in [0.5, 0.6) is 5.75 Å². The van der Waals surface area contributed by atoms with Crippen LogP contribution in [0.4, 0.5) is 0 Å². The minimum absolute atomic E-state index is 0.0258. The maximum absolute atomic E-state index is 12.5. The molecule has 0 spiro atoms. The summed E-state index contributed by atoms with van der Waals surface area (Å²) in [5, 5.41) is 4.13. The Hall–Kier alpha value is -3.44. The fourth-order valence-electron chi connectivity index (χ4n) is 3.53. The van der Waals surface area contributed by atoms with Gasteiger partial charge in [0.1, 0.15) is 12.4 Å². The van der Waals surface area contributed by atoms with Crippen molar-refractivity contribution < 1.29 is 4.74 Å². The predicted molar refractivity (Wildman–Crippen MR) is 124 cm³/mol. The van der Waals surface area contributed by atoms with E-state index in [2.05, 4.69) is 34.6 Å². The quantitative estimate of drug-likeness (QED) is 0.396. The number of nitrogens with zero attached hydrogens (tertiary/aromatic N) is 2. The van der Waals surface area contributed by atoms with Crippen molar-refractivity contribution in [2.24, 2.45) is 0 Å². The fraction of sp³-hybridized carbons (Fsp3) is 0.231. The highest BCUT2D eigenvalue weighted by atomic mass is 16.5. The Labute approximate surface area is 182 Å². The van der Waals surface area contributed by atoms with Crippen LogP contribution >= 0.6 is 0 Å². The molecule has 0 atom stereocenters. The molecule has 0 aliphatic rings. The van der Waals surface area contributed by atoms with Gasteiger partial charge in [-0.1, -0.05) is 54.6 Å². The molecule has 0 unspecified atom stereocenters. The molecule has 4 aromatic rings. The van der Waals surface area contributed by atoms with Crippen molar-refractivity contribution >= 4 is 10.9 Å². The summed E-state index contributed by atoms with van der Waals surface area (Å²) in [5.74, 6) is 0.893. The average molecular weight is 414 g/mol. The van der Waals surface area contributed by atoms with Crippen molar-refractivity contribution in [3.8, 4) is 5.75 Å². The first-order chi connectivity index (χ1) is 15.3. The lowest BCUT2D eigenvalue weighted by Gasteiger charge is -2.10. The molecule has 0 saturated heterocycles. The minimum Gasteiger partial charge on any atom is -0.489 e. The number of fused-ring (bicyclic) bond motifs is 1. The summed E-state index contributed by atoms with van der Waals surface area (Å²) in [7, 11) is 0. The molecule has 0 radical (unpaired) electrons. The third kappa shape index (κ3) is 5.80. The zero-order valence-corrected chi connectivity index (χ0v) is 17.5. The summed E-state index contributed by atoms with van der Waals surface area (Å²) >= 11 is 0. The van der Waals surface area contributed by atoms with Crippen molar-refractivity contribution in [1.29, 1.82) is 0 Å². The zero-order chi connectivity index (χ0) is 21.3. The van der Waals surface area contributed by atoms with Gasteiger partial charge in [-0.3, -0.25) is 9.36 Å². The minimum atomic E-state index is 0.0258. The predicted octanol–water partition coefficient (Wildman–Crippen LogP) is 4.20. The second kappa shape index (κ2) is 10.5. The lowest BCUT2D eigenvalue weighted by molar-refractivity contribution is 0.306. The summed E-state index contributed by atoms with van der Waals surface area (Å²) < 4.78 is 7.60. The number of aryl methyl sites for hydroxylation is 1. The number of rotatable bonds is 10. The van der Waals surface area contributed by atoms with Crippen LogP contribution in [0.2, 0.25) is 0 Å². The first-order valence-electron chi connectivity index (χ1n) is 10.7. The molecule has 1 heterocycles. The molecular formula is C26H27N3O2. The molecule has 3 aromatic carbocycles. The molecule has 1 aromatic heterocycles. The van der Waals surface area contributed by atoms with E-state index in [0.29, 0.717) is 18.5 Å². The third-order valence-corrected chi connectivity index (χ3v) is 5.22. The Morgan fingerprint density at radius 1 is 0.871 bits per heavy atom. The van der Waals surface area contributed by atoms with E-state index < -0.39 is 0 Å². The Morgan fingerprint density at radius 2 is 1.68 bits per heavy atom. The summed E-state index contributed by atoms with van der Waals surface area (Å²) in [6.45, 7) is 2.97. The number of para-hydroxylation sites is 1. The fourth-order valence-corrected chi connectivity index (χ4v) is 3.53. The monoisotopic (exact) mass is 413 g/mol. The van der Waals surface area contributed by atoms with Crippen LogP contribution in [-0.4, -0.2) is 22.6 Å². The largest absolute Gasteiger partial charge is 0.489 e. The molecule has 5 nitrogen and oxygen atoms in total. The zero-order valence-electron chi connectivity index (χ0n) is 17.5. The van der Waals surface area contributed by atoms with Gasteiger partial charge in [-0.2, -0.15) is 0 Å². The molecule has 0 aliphatic heterocycles. The molecule has 5 heteroatoms. The van der Waals surface area contributed by atoms with E-state index in [1.165, 1.54) is 5.56 Å². The number of ether oxygens (including phenoxy) is 1. The number of hydrogen-bond acceptors (Lipinski definition) is 4. The van der Waals surface area contributed by atoms with Crippen molar-refractivity contribution in [3.05, 3.63) is 107 Å². The molecule has 0 bridgehead atoms. The molecule has 158 valence electrons. The standard InChI is InChI=1S/C26H27N3O2/c30-26-24-12-4-5-13-25(24)28-20-29(26)17-7-15-27-16-14-21-10-6-11-23(18-21)31-19-22-8-2-1-3-9-22/h1-6,8-13,18,20,27H,7,14-17,19H2. The van der Waals surface area contributed by atoms with Gasteiger partial charge >= 0.3 is 0 Å². The molecular weight excluding hydrogens is 386 g/mol. The van der Waals surface area contributed by atoms with Gasteiger partial charge < -0.3 is 10.1 Å². The van der Waals surface area contributed by atoms with Gasteiger partial charge in [0, 0.05) is 6.54 Å². The van der Waals surface area contributed by atoms with Gasteiger partial charge in [0.15, 0.2) is 0 Å². The van der Waals surface area contributed by atoms with Gasteiger partial charge in [-0.25, -0.2) is 4.98 Å². The molecule has 0 saturated carbocycles. The van der Waals surface area contributed by atoms with Gasteiger partial charge in [0.25, 0.3) is 5.56 Å². The van der Waals surface area contributed by atoms with Crippen LogP contribution in [-0.2, 0) is 19.6 Å². The molecule has 31 heavy (non-hydrogen) atoms. The first-order valence-corrected chi connectivity index (χ1v) is 10.7. The van der Waals surface area contributed by atoms with Crippen molar-refractivity contribution in [2.45, 2.75) is 26.0 Å². The Morgan fingerprint density at radius 3 is 2.58 bits per heavy atom. The highest BCUT2D eigenvalue weighted by Crippen LogP contribution is 2.15. The summed E-state index contributed by atoms with van der Waals surface area (Å²) in [6.07, 6.45) is 3.45. The SMILES string of the molecule is O=c1c2ccccc2ncn1CCCNCCc1cccc(OCc2ccccc2)c1. The smallest absolute Gasteiger partial charge is 0.261 e. The highest BCUT2D eigenvalue weighted by Gasteiger charge is 2.03. The Kier molecular flexibility index (Phi) is 7.08. The van der Waals surface area contributed by atoms with E-state index in [4.69, 9.17) is 4.74 Å². The lowest BCUT2D eigenvalue weighted by Crippen LogP contribution is -2.24. The van der Waals surface area contributed by atoms with Crippen molar-refractivity contribution in [3.63, 3.8) is 0 Å². The Balaban J connectivity index is 1.19. The van der Waals surface area contributed by atoms with Gasteiger partial charge in [-0.15, -0.1) is 0 Å². The van der Waals surface area contributed by atoms with E-state index in [9.17, 15) is 4.79 Å². The number of nitrogens with one attached hydrogen (secondary N) is 1. The molecule has 0 aliphatic carbocycles. The van der Waals surface area contributed by atoms with E-state index in [1.807, 2.05) is 54.6 Å². The number of benzene rings is 3. The normalized spacial score (nSPS) is 11.0. The van der Waals surface area contributed by atoms with Crippen molar-refractivity contribution in [1.82, 2.24) is 14.9 Å². The molecule has 1 N–H and O–H groups in total. The second-order valence-electron chi connectivity index (χ2n) is 7.54. The number of aromatic nitrogens is 2. The lowest BCUT2D eigenvalue weighted by atomic mass is 10.1. The van der Waals surface area contributed by atoms with E-state index in [1.54, 1.807) is 10.9 Å². The van der Waals surface area contributed by atoms with Crippen LogP contribution in [0.3, 0.4) is 0 Å². The van der Waals surface area contributed by atoms with Gasteiger partial charge in [0.2, 0.25) is 0 Å². The van der Waals surface area contributed by atoms with Gasteiger partial charge in [-0.05, 0) is 61.3 Å². The summed E-state index contributed by atoms with van der Waals surface area (Å²) in [5.41, 5.74) is 3.18. The molecule has 4 rings (SSSR count).